The Morgan fingerprint density at radius 2 is 2.08 bits per heavy atom. The van der Waals surface area contributed by atoms with Gasteiger partial charge in [-0.05, 0) is 13.3 Å². The molecular weight excluding hydrogens is 162 g/mol. The molecule has 5 heteroatoms. The smallest absolute Gasteiger partial charge is 0.320 e. The summed E-state index contributed by atoms with van der Waals surface area (Å²) in [4.78, 5) is 20.9. The van der Waals surface area contributed by atoms with Crippen LogP contribution >= 0.6 is 0 Å². The number of hydrogen-bond donors (Lipinski definition) is 3. The predicted octanol–water partition coefficient (Wildman–Crippen LogP) is -0.652. The van der Waals surface area contributed by atoms with Gasteiger partial charge in [-0.3, -0.25) is 10.1 Å². The maximum Gasteiger partial charge on any atom is 0.320 e. The molecule has 0 aromatic rings. The molecular formula is C7H13NO4. The number of aliphatic hydroxyl groups is 1. The number of aliphatic carboxylic acids is 1. The minimum Gasteiger partial charge on any atom is -0.480 e. The molecule has 0 spiro atoms. The van der Waals surface area contributed by atoms with Crippen molar-refractivity contribution in [3.63, 3.8) is 0 Å². The molecule has 0 aromatic carbocycles. The van der Waals surface area contributed by atoms with Gasteiger partial charge in [0, 0.05) is 6.42 Å². The number of carbonyl (C=O) groups is 2. The summed E-state index contributed by atoms with van der Waals surface area (Å²) in [7, 11) is 0. The second kappa shape index (κ2) is 5.68. The normalized spacial score (nSPS) is 12.5. The lowest BCUT2D eigenvalue weighted by atomic mass is 10.1. The van der Waals surface area contributed by atoms with E-state index in [-0.39, 0.29) is 18.6 Å². The van der Waals surface area contributed by atoms with Crippen molar-refractivity contribution in [3.8, 4) is 0 Å². The molecule has 0 heterocycles. The number of carbonyl (C=O) groups excluding carboxylic acids is 1. The Morgan fingerprint density at radius 1 is 1.50 bits per heavy atom. The van der Waals surface area contributed by atoms with E-state index in [1.807, 2.05) is 0 Å². The Balaban J connectivity index is 3.79. The van der Waals surface area contributed by atoms with Crippen molar-refractivity contribution in [1.82, 2.24) is 5.32 Å². The van der Waals surface area contributed by atoms with Crippen LogP contribution in [0, 0.1) is 0 Å². The molecule has 1 unspecified atom stereocenters. The van der Waals surface area contributed by atoms with E-state index in [1.54, 1.807) is 0 Å². The van der Waals surface area contributed by atoms with Gasteiger partial charge in [0.25, 0.3) is 0 Å². The van der Waals surface area contributed by atoms with Gasteiger partial charge in [-0.25, -0.2) is 0 Å². The number of nitrogens with one attached hydrogen (secondary N) is 1. The summed E-state index contributed by atoms with van der Waals surface area (Å²) in [6.45, 7) is 1.01. The van der Waals surface area contributed by atoms with Gasteiger partial charge < -0.3 is 15.0 Å². The minimum absolute atomic E-state index is 0.0546. The summed E-state index contributed by atoms with van der Waals surface area (Å²) in [5.41, 5.74) is 0. The zero-order valence-corrected chi connectivity index (χ0v) is 6.91. The predicted molar refractivity (Wildman–Crippen MR) is 41.6 cm³/mol. The highest BCUT2D eigenvalue weighted by Gasteiger charge is 2.15. The topological polar surface area (TPSA) is 86.6 Å². The van der Waals surface area contributed by atoms with Gasteiger partial charge in [0.2, 0.25) is 0 Å². The summed E-state index contributed by atoms with van der Waals surface area (Å²) in [5, 5.41) is 19.3. The first-order valence-corrected chi connectivity index (χ1v) is 3.64. The SMILES string of the molecule is CC(=O)CCC(NCO)C(=O)O. The highest BCUT2D eigenvalue weighted by molar-refractivity contribution is 5.78. The second-order valence-electron chi connectivity index (χ2n) is 2.49. The molecule has 12 heavy (non-hydrogen) atoms. The van der Waals surface area contributed by atoms with Crippen molar-refractivity contribution >= 4 is 11.8 Å². The van der Waals surface area contributed by atoms with Crippen LogP contribution in [0.25, 0.3) is 0 Å². The Hall–Kier alpha value is -0.940. The van der Waals surface area contributed by atoms with Crippen molar-refractivity contribution in [2.24, 2.45) is 0 Å². The van der Waals surface area contributed by atoms with Crippen LogP contribution in [-0.4, -0.2) is 34.7 Å². The van der Waals surface area contributed by atoms with E-state index in [0.29, 0.717) is 0 Å². The third-order valence-electron chi connectivity index (χ3n) is 1.42. The molecule has 5 nitrogen and oxygen atoms in total. The van der Waals surface area contributed by atoms with Crippen LogP contribution in [-0.2, 0) is 9.59 Å². The van der Waals surface area contributed by atoms with Gasteiger partial charge >= 0.3 is 5.97 Å². The summed E-state index contributed by atoms with van der Waals surface area (Å²) in [5.74, 6) is -1.11. The molecule has 1 atom stereocenters. The fraction of sp³-hybridized carbons (Fsp3) is 0.714. The number of aliphatic hydroxyl groups excluding tert-OH is 1. The van der Waals surface area contributed by atoms with E-state index >= 15 is 0 Å². The Labute approximate surface area is 70.4 Å². The largest absolute Gasteiger partial charge is 0.480 e. The highest BCUT2D eigenvalue weighted by atomic mass is 16.4. The average Bonchev–Trinajstić information content (AvgIpc) is 1.96. The number of Topliss-reactive ketones (excluding diaryl/α,β-unsaturated/α-hetero) is 1. The van der Waals surface area contributed by atoms with Gasteiger partial charge in [-0.2, -0.15) is 0 Å². The van der Waals surface area contributed by atoms with Gasteiger partial charge in [0.1, 0.15) is 11.8 Å². The summed E-state index contributed by atoms with van der Waals surface area (Å²) in [6.07, 6.45) is 0.426. The van der Waals surface area contributed by atoms with Crippen LogP contribution in [0.2, 0.25) is 0 Å². The van der Waals surface area contributed by atoms with Crippen molar-refractivity contribution in [2.75, 3.05) is 6.73 Å². The maximum atomic E-state index is 10.5. The van der Waals surface area contributed by atoms with Crippen LogP contribution in [0.1, 0.15) is 19.8 Å². The molecule has 0 aliphatic carbocycles. The third-order valence-corrected chi connectivity index (χ3v) is 1.42. The van der Waals surface area contributed by atoms with Crippen molar-refractivity contribution in [1.29, 1.82) is 0 Å². The molecule has 0 saturated heterocycles. The van der Waals surface area contributed by atoms with Crippen LogP contribution in [0.4, 0.5) is 0 Å². The summed E-state index contributed by atoms with van der Waals surface area (Å²) >= 11 is 0. The van der Waals surface area contributed by atoms with Crippen molar-refractivity contribution < 1.29 is 19.8 Å². The van der Waals surface area contributed by atoms with Crippen LogP contribution in [0.5, 0.6) is 0 Å². The number of ketones is 1. The van der Waals surface area contributed by atoms with E-state index in [1.165, 1.54) is 6.92 Å². The monoisotopic (exact) mass is 175 g/mol. The first-order valence-electron chi connectivity index (χ1n) is 3.64. The first-order chi connectivity index (χ1) is 5.57. The Kier molecular flexibility index (Phi) is 5.23. The molecule has 3 N–H and O–H groups in total. The van der Waals surface area contributed by atoms with E-state index in [2.05, 4.69) is 5.32 Å². The number of hydrogen-bond acceptors (Lipinski definition) is 4. The van der Waals surface area contributed by atoms with Crippen LogP contribution in [0.15, 0.2) is 0 Å². The number of carboxylic acid groups (broad SMARTS) is 1. The zero-order valence-electron chi connectivity index (χ0n) is 6.91. The molecule has 0 bridgehead atoms. The molecule has 70 valence electrons. The molecule has 0 aliphatic rings. The molecule has 0 rings (SSSR count). The molecule has 0 aromatic heterocycles. The van der Waals surface area contributed by atoms with E-state index < -0.39 is 18.7 Å². The van der Waals surface area contributed by atoms with E-state index in [4.69, 9.17) is 10.2 Å². The maximum absolute atomic E-state index is 10.5. The van der Waals surface area contributed by atoms with Gasteiger partial charge in [0.05, 0.1) is 6.73 Å². The fourth-order valence-corrected chi connectivity index (χ4v) is 0.771. The quantitative estimate of drug-likeness (QED) is 0.467. The van der Waals surface area contributed by atoms with E-state index in [0.717, 1.165) is 0 Å². The minimum atomic E-state index is -1.05. The van der Waals surface area contributed by atoms with Gasteiger partial charge in [-0.15, -0.1) is 0 Å². The summed E-state index contributed by atoms with van der Waals surface area (Å²) < 4.78 is 0. The van der Waals surface area contributed by atoms with Crippen molar-refractivity contribution in [3.05, 3.63) is 0 Å². The molecule has 0 radical (unpaired) electrons. The van der Waals surface area contributed by atoms with Crippen molar-refractivity contribution in [2.45, 2.75) is 25.8 Å². The lowest BCUT2D eigenvalue weighted by Crippen LogP contribution is -2.37. The Morgan fingerprint density at radius 3 is 2.42 bits per heavy atom. The highest BCUT2D eigenvalue weighted by Crippen LogP contribution is 1.97. The third kappa shape index (κ3) is 4.81. The molecule has 0 aliphatic heterocycles. The molecule has 0 fully saturated rings. The summed E-state index contributed by atoms with van der Waals surface area (Å²) in [6, 6.07) is -0.834. The first kappa shape index (κ1) is 11.1. The molecule has 0 saturated carbocycles. The number of rotatable bonds is 6. The van der Waals surface area contributed by atoms with Crippen LogP contribution < -0.4 is 5.32 Å². The zero-order chi connectivity index (χ0) is 9.56. The van der Waals surface area contributed by atoms with Gasteiger partial charge in [-0.1, -0.05) is 0 Å². The average molecular weight is 175 g/mol. The fourth-order valence-electron chi connectivity index (χ4n) is 0.771. The Bertz CT molecular complexity index is 169. The lowest BCUT2D eigenvalue weighted by Gasteiger charge is -2.10. The van der Waals surface area contributed by atoms with Crippen LogP contribution in [0.3, 0.4) is 0 Å². The lowest BCUT2D eigenvalue weighted by molar-refractivity contribution is -0.140. The van der Waals surface area contributed by atoms with E-state index in [9.17, 15) is 9.59 Å². The standard InChI is InChI=1S/C7H13NO4/c1-5(10)2-3-6(7(11)12)8-4-9/h6,8-9H,2-4H2,1H3,(H,11,12). The van der Waals surface area contributed by atoms with Gasteiger partial charge in [0.15, 0.2) is 0 Å². The second-order valence-corrected chi connectivity index (χ2v) is 2.49. The number of carboxylic acids is 1. The molecule has 0 amide bonds.